The second kappa shape index (κ2) is 6.51. The molecule has 100 valence electrons. The monoisotopic (exact) mass is 341 g/mol. The molecule has 2 aromatic rings. The van der Waals surface area contributed by atoms with E-state index in [0.29, 0.717) is 10.9 Å². The van der Waals surface area contributed by atoms with Crippen molar-refractivity contribution in [1.29, 1.82) is 0 Å². The van der Waals surface area contributed by atoms with Gasteiger partial charge < -0.3 is 5.73 Å². The van der Waals surface area contributed by atoms with Crippen LogP contribution in [0.4, 0.5) is 4.39 Å². The van der Waals surface area contributed by atoms with Crippen LogP contribution in [-0.2, 0) is 12.8 Å². The lowest BCUT2D eigenvalue weighted by atomic mass is 10.00. The van der Waals surface area contributed by atoms with Gasteiger partial charge in [-0.1, -0.05) is 29.8 Å². The molecule has 1 atom stereocenters. The van der Waals surface area contributed by atoms with E-state index in [1.54, 1.807) is 12.1 Å². The van der Waals surface area contributed by atoms with Crippen LogP contribution in [0.2, 0.25) is 5.02 Å². The zero-order valence-electron chi connectivity index (χ0n) is 10.2. The molecule has 0 aliphatic carbocycles. The van der Waals surface area contributed by atoms with E-state index in [-0.39, 0.29) is 11.9 Å². The van der Waals surface area contributed by atoms with Crippen LogP contribution in [0.5, 0.6) is 0 Å². The Bertz CT molecular complexity index is 557. The molecule has 0 fully saturated rings. The van der Waals surface area contributed by atoms with Gasteiger partial charge in [0.1, 0.15) is 5.82 Å². The first kappa shape index (κ1) is 14.5. The van der Waals surface area contributed by atoms with Gasteiger partial charge in [0.2, 0.25) is 0 Å². The van der Waals surface area contributed by atoms with E-state index >= 15 is 0 Å². The zero-order chi connectivity index (χ0) is 13.8. The highest BCUT2D eigenvalue weighted by molar-refractivity contribution is 9.10. The topological polar surface area (TPSA) is 26.0 Å². The maximum atomic E-state index is 13.1. The van der Waals surface area contributed by atoms with Gasteiger partial charge in [0.25, 0.3) is 0 Å². The molecule has 1 unspecified atom stereocenters. The molecule has 0 bridgehead atoms. The molecule has 4 heteroatoms. The van der Waals surface area contributed by atoms with Crippen molar-refractivity contribution in [2.75, 3.05) is 0 Å². The van der Waals surface area contributed by atoms with Gasteiger partial charge in [-0.15, -0.1) is 0 Å². The molecule has 19 heavy (non-hydrogen) atoms. The van der Waals surface area contributed by atoms with Crippen molar-refractivity contribution in [1.82, 2.24) is 0 Å². The van der Waals surface area contributed by atoms with Gasteiger partial charge in [0.15, 0.2) is 0 Å². The minimum Gasteiger partial charge on any atom is -0.327 e. The third kappa shape index (κ3) is 4.30. The fraction of sp³-hybridized carbons (Fsp3) is 0.200. The molecule has 1 nitrogen and oxygen atoms in total. The van der Waals surface area contributed by atoms with Crippen LogP contribution in [0.3, 0.4) is 0 Å². The Kier molecular flexibility index (Phi) is 4.97. The number of hydrogen-bond acceptors (Lipinski definition) is 1. The minimum absolute atomic E-state index is 0.00135. The summed E-state index contributed by atoms with van der Waals surface area (Å²) in [6.45, 7) is 0. The van der Waals surface area contributed by atoms with E-state index < -0.39 is 0 Å². The first-order chi connectivity index (χ1) is 9.04. The largest absolute Gasteiger partial charge is 0.327 e. The maximum Gasteiger partial charge on any atom is 0.137 e. The van der Waals surface area contributed by atoms with Gasteiger partial charge in [-0.2, -0.15) is 0 Å². The SMILES string of the molecule is NC(Cc1ccc(Cl)cc1)Cc1ccc(F)c(Br)c1. The van der Waals surface area contributed by atoms with Crippen LogP contribution in [-0.4, -0.2) is 6.04 Å². The Morgan fingerprint density at radius 1 is 1.05 bits per heavy atom. The molecule has 0 radical (unpaired) electrons. The van der Waals surface area contributed by atoms with Crippen LogP contribution in [0.25, 0.3) is 0 Å². The highest BCUT2D eigenvalue weighted by Crippen LogP contribution is 2.18. The van der Waals surface area contributed by atoms with Gasteiger partial charge >= 0.3 is 0 Å². The molecular weight excluding hydrogens is 329 g/mol. The van der Waals surface area contributed by atoms with Crippen LogP contribution < -0.4 is 5.73 Å². The molecule has 0 saturated carbocycles. The van der Waals surface area contributed by atoms with Crippen LogP contribution >= 0.6 is 27.5 Å². The average Bonchev–Trinajstić information content (AvgIpc) is 2.37. The highest BCUT2D eigenvalue weighted by atomic mass is 79.9. The number of nitrogens with two attached hydrogens (primary N) is 1. The number of halogens is 3. The second-order valence-electron chi connectivity index (χ2n) is 4.54. The standard InChI is InChI=1S/C15H14BrClFN/c16-14-9-11(3-6-15(14)18)8-13(19)7-10-1-4-12(17)5-2-10/h1-6,9,13H,7-8,19H2. The average molecular weight is 343 g/mol. The fourth-order valence-corrected chi connectivity index (χ4v) is 2.52. The third-order valence-corrected chi connectivity index (χ3v) is 3.75. The molecule has 0 spiro atoms. The molecule has 0 aliphatic heterocycles. The molecule has 2 rings (SSSR count). The first-order valence-corrected chi connectivity index (χ1v) is 7.15. The van der Waals surface area contributed by atoms with Crippen molar-refractivity contribution < 1.29 is 4.39 Å². The van der Waals surface area contributed by atoms with Crippen molar-refractivity contribution in [2.24, 2.45) is 5.73 Å². The Hall–Kier alpha value is -0.900. The van der Waals surface area contributed by atoms with Crippen LogP contribution in [0.15, 0.2) is 46.9 Å². The number of hydrogen-bond donors (Lipinski definition) is 1. The lowest BCUT2D eigenvalue weighted by Crippen LogP contribution is -2.25. The first-order valence-electron chi connectivity index (χ1n) is 5.98. The van der Waals surface area contributed by atoms with Gasteiger partial charge in [0.05, 0.1) is 4.47 Å². The van der Waals surface area contributed by atoms with E-state index in [4.69, 9.17) is 17.3 Å². The van der Waals surface area contributed by atoms with Crippen molar-refractivity contribution in [2.45, 2.75) is 18.9 Å². The van der Waals surface area contributed by atoms with E-state index in [9.17, 15) is 4.39 Å². The summed E-state index contributed by atoms with van der Waals surface area (Å²) >= 11 is 9.02. The van der Waals surface area contributed by atoms with E-state index in [0.717, 1.165) is 22.6 Å². The summed E-state index contributed by atoms with van der Waals surface area (Å²) < 4.78 is 13.6. The van der Waals surface area contributed by atoms with Crippen molar-refractivity contribution in [3.05, 3.63) is 68.9 Å². The smallest absolute Gasteiger partial charge is 0.137 e. The lowest BCUT2D eigenvalue weighted by Gasteiger charge is -2.12. The Balaban J connectivity index is 1.98. The predicted molar refractivity (Wildman–Crippen MR) is 80.9 cm³/mol. The molecule has 2 aromatic carbocycles. The fourth-order valence-electron chi connectivity index (χ4n) is 1.96. The molecule has 0 saturated heterocycles. The van der Waals surface area contributed by atoms with E-state index in [1.807, 2.05) is 24.3 Å². The highest BCUT2D eigenvalue weighted by Gasteiger charge is 2.07. The van der Waals surface area contributed by atoms with Gasteiger partial charge in [0, 0.05) is 11.1 Å². The van der Waals surface area contributed by atoms with E-state index in [2.05, 4.69) is 15.9 Å². The van der Waals surface area contributed by atoms with Crippen molar-refractivity contribution in [3.63, 3.8) is 0 Å². The molecule has 2 N–H and O–H groups in total. The lowest BCUT2D eigenvalue weighted by molar-refractivity contribution is 0.617. The van der Waals surface area contributed by atoms with Gasteiger partial charge in [-0.25, -0.2) is 4.39 Å². The molecule has 0 heterocycles. The van der Waals surface area contributed by atoms with Crippen molar-refractivity contribution >= 4 is 27.5 Å². The predicted octanol–water partition coefficient (Wildman–Crippen LogP) is 4.35. The summed E-state index contributed by atoms with van der Waals surface area (Å²) in [5.74, 6) is -0.255. The quantitative estimate of drug-likeness (QED) is 0.878. The number of benzene rings is 2. The van der Waals surface area contributed by atoms with Gasteiger partial charge in [-0.3, -0.25) is 0 Å². The Labute approximate surface area is 125 Å². The summed E-state index contributed by atoms with van der Waals surface area (Å²) in [5, 5.41) is 0.722. The summed E-state index contributed by atoms with van der Waals surface area (Å²) in [6.07, 6.45) is 1.48. The summed E-state index contributed by atoms with van der Waals surface area (Å²) in [6, 6.07) is 12.7. The molecule has 0 aliphatic rings. The minimum atomic E-state index is -0.255. The number of rotatable bonds is 4. The zero-order valence-corrected chi connectivity index (χ0v) is 12.6. The van der Waals surface area contributed by atoms with E-state index in [1.165, 1.54) is 6.07 Å². The Morgan fingerprint density at radius 2 is 1.63 bits per heavy atom. The van der Waals surface area contributed by atoms with Crippen LogP contribution in [0.1, 0.15) is 11.1 Å². The van der Waals surface area contributed by atoms with Gasteiger partial charge in [-0.05, 0) is 64.2 Å². The molecular formula is C15H14BrClFN. The third-order valence-electron chi connectivity index (χ3n) is 2.89. The van der Waals surface area contributed by atoms with Crippen LogP contribution in [0, 0.1) is 5.82 Å². The molecule has 0 amide bonds. The summed E-state index contributed by atoms with van der Waals surface area (Å²) in [7, 11) is 0. The molecule has 0 aromatic heterocycles. The van der Waals surface area contributed by atoms with Crippen molar-refractivity contribution in [3.8, 4) is 0 Å². The second-order valence-corrected chi connectivity index (χ2v) is 5.83. The summed E-state index contributed by atoms with van der Waals surface area (Å²) in [4.78, 5) is 0. The maximum absolute atomic E-state index is 13.1. The summed E-state index contributed by atoms with van der Waals surface area (Å²) in [5.41, 5.74) is 8.30. The Morgan fingerprint density at radius 3 is 2.26 bits per heavy atom. The normalized spacial score (nSPS) is 12.4.